The Kier molecular flexibility index (Phi) is 6.31. The van der Waals surface area contributed by atoms with E-state index in [1.165, 1.54) is 24.1 Å². The largest absolute Gasteiger partial charge is 0.573 e. The SMILES string of the molecule is FC(F)(F)Oc1cccc(SNC2CCN(Cc3ccn(-c4ccccc4)n3)C2)c1. The first-order valence-corrected chi connectivity index (χ1v) is 10.4. The first kappa shape index (κ1) is 20.8. The van der Waals surface area contributed by atoms with E-state index in [0.29, 0.717) is 4.90 Å². The summed E-state index contributed by atoms with van der Waals surface area (Å²) in [7, 11) is 0. The van der Waals surface area contributed by atoms with E-state index in [2.05, 4.69) is 19.5 Å². The molecule has 9 heteroatoms. The molecule has 30 heavy (non-hydrogen) atoms. The highest BCUT2D eigenvalue weighted by Gasteiger charge is 2.31. The van der Waals surface area contributed by atoms with Crippen molar-refractivity contribution in [2.45, 2.75) is 30.3 Å². The standard InChI is InChI=1S/C21H21F3N4OS/c22-21(23,24)29-19-7-4-8-20(13-19)30-26-17-9-11-27(15-17)14-16-10-12-28(25-16)18-5-2-1-3-6-18/h1-8,10,12-13,17,26H,9,11,14-15H2. The normalized spacial score (nSPS) is 17.4. The highest BCUT2D eigenvalue weighted by molar-refractivity contribution is 7.97. The van der Waals surface area contributed by atoms with Crippen LogP contribution in [0.5, 0.6) is 5.75 Å². The van der Waals surface area contributed by atoms with Crippen LogP contribution in [-0.2, 0) is 6.54 Å². The van der Waals surface area contributed by atoms with Crippen molar-refractivity contribution in [1.82, 2.24) is 19.4 Å². The second-order valence-corrected chi connectivity index (χ2v) is 7.96. The Labute approximate surface area is 177 Å². The summed E-state index contributed by atoms with van der Waals surface area (Å²) in [6, 6.07) is 18.2. The first-order valence-electron chi connectivity index (χ1n) is 9.55. The Bertz CT molecular complexity index is 964. The average molecular weight is 434 g/mol. The average Bonchev–Trinajstić information content (AvgIpc) is 3.36. The number of nitrogens with zero attached hydrogens (tertiary/aromatic N) is 3. The molecule has 1 aliphatic heterocycles. The molecular formula is C21H21F3N4OS. The van der Waals surface area contributed by atoms with Crippen molar-refractivity contribution in [3.8, 4) is 11.4 Å². The van der Waals surface area contributed by atoms with Crippen molar-refractivity contribution in [2.24, 2.45) is 0 Å². The Balaban J connectivity index is 1.26. The van der Waals surface area contributed by atoms with Gasteiger partial charge in [0.2, 0.25) is 0 Å². The zero-order valence-corrected chi connectivity index (χ0v) is 16.9. The third kappa shape index (κ3) is 5.78. The second kappa shape index (κ2) is 9.11. The monoisotopic (exact) mass is 434 g/mol. The molecule has 1 aliphatic rings. The topological polar surface area (TPSA) is 42.3 Å². The molecule has 1 aromatic heterocycles. The lowest BCUT2D eigenvalue weighted by Crippen LogP contribution is -2.28. The summed E-state index contributed by atoms with van der Waals surface area (Å²) in [5, 5.41) is 4.65. The van der Waals surface area contributed by atoms with Crippen molar-refractivity contribution >= 4 is 11.9 Å². The summed E-state index contributed by atoms with van der Waals surface area (Å²) in [6.07, 6.45) is -1.76. The fourth-order valence-corrected chi connectivity index (χ4v) is 4.18. The molecule has 0 amide bonds. The van der Waals surface area contributed by atoms with Gasteiger partial charge < -0.3 is 4.74 Å². The van der Waals surface area contributed by atoms with Crippen LogP contribution in [0.3, 0.4) is 0 Å². The molecule has 1 atom stereocenters. The molecule has 4 rings (SSSR count). The molecule has 0 radical (unpaired) electrons. The maximum absolute atomic E-state index is 12.4. The minimum Gasteiger partial charge on any atom is -0.406 e. The molecule has 3 aromatic rings. The summed E-state index contributed by atoms with van der Waals surface area (Å²) in [4.78, 5) is 3.00. The molecule has 2 aromatic carbocycles. The fourth-order valence-electron chi connectivity index (χ4n) is 3.36. The number of hydrogen-bond donors (Lipinski definition) is 1. The summed E-state index contributed by atoms with van der Waals surface area (Å²) < 4.78 is 46.3. The van der Waals surface area contributed by atoms with Gasteiger partial charge in [-0.05, 0) is 54.8 Å². The lowest BCUT2D eigenvalue weighted by atomic mass is 10.3. The molecule has 1 fully saturated rings. The van der Waals surface area contributed by atoms with Crippen LogP contribution in [0.25, 0.3) is 5.69 Å². The number of ether oxygens (including phenoxy) is 1. The molecule has 0 aliphatic carbocycles. The van der Waals surface area contributed by atoms with Crippen LogP contribution in [0.15, 0.2) is 71.8 Å². The van der Waals surface area contributed by atoms with Crippen LogP contribution in [0, 0.1) is 0 Å². The summed E-state index contributed by atoms with van der Waals surface area (Å²) >= 11 is 1.32. The molecule has 0 saturated carbocycles. The van der Waals surface area contributed by atoms with Gasteiger partial charge in [-0.15, -0.1) is 13.2 Å². The molecular weight excluding hydrogens is 413 g/mol. The predicted molar refractivity (Wildman–Crippen MR) is 109 cm³/mol. The van der Waals surface area contributed by atoms with E-state index in [0.717, 1.165) is 37.4 Å². The highest BCUT2D eigenvalue weighted by Crippen LogP contribution is 2.27. The quantitative estimate of drug-likeness (QED) is 0.549. The van der Waals surface area contributed by atoms with Gasteiger partial charge in [0.25, 0.3) is 0 Å². The molecule has 0 spiro atoms. The van der Waals surface area contributed by atoms with Gasteiger partial charge in [-0.2, -0.15) is 5.10 Å². The maximum Gasteiger partial charge on any atom is 0.573 e. The van der Waals surface area contributed by atoms with Gasteiger partial charge in [0.1, 0.15) is 5.75 Å². The zero-order chi connectivity index (χ0) is 21.0. The van der Waals surface area contributed by atoms with E-state index >= 15 is 0 Å². The molecule has 1 unspecified atom stereocenters. The Hall–Kier alpha value is -2.49. The zero-order valence-electron chi connectivity index (χ0n) is 16.0. The second-order valence-electron chi connectivity index (χ2n) is 7.05. The third-order valence-electron chi connectivity index (χ3n) is 4.71. The van der Waals surface area contributed by atoms with Crippen molar-refractivity contribution in [3.63, 3.8) is 0 Å². The Morgan fingerprint density at radius 1 is 1.10 bits per heavy atom. The number of halogens is 3. The fraction of sp³-hybridized carbons (Fsp3) is 0.286. The van der Waals surface area contributed by atoms with Crippen LogP contribution < -0.4 is 9.46 Å². The summed E-state index contributed by atoms with van der Waals surface area (Å²) in [6.45, 7) is 2.55. The molecule has 2 heterocycles. The van der Waals surface area contributed by atoms with E-state index in [1.54, 1.807) is 12.1 Å². The smallest absolute Gasteiger partial charge is 0.406 e. The first-order chi connectivity index (χ1) is 14.4. The van der Waals surface area contributed by atoms with Crippen LogP contribution in [0.2, 0.25) is 0 Å². The lowest BCUT2D eigenvalue weighted by molar-refractivity contribution is -0.274. The van der Waals surface area contributed by atoms with Gasteiger partial charge in [-0.3, -0.25) is 9.62 Å². The van der Waals surface area contributed by atoms with E-state index in [9.17, 15) is 13.2 Å². The third-order valence-corrected chi connectivity index (χ3v) is 5.65. The number of alkyl halides is 3. The van der Waals surface area contributed by atoms with Crippen LogP contribution in [-0.4, -0.2) is 40.2 Å². The Morgan fingerprint density at radius 3 is 2.73 bits per heavy atom. The van der Waals surface area contributed by atoms with E-state index < -0.39 is 6.36 Å². The number of benzene rings is 2. The molecule has 1 saturated heterocycles. The van der Waals surface area contributed by atoms with E-state index in [1.807, 2.05) is 47.3 Å². The van der Waals surface area contributed by atoms with Crippen LogP contribution in [0.4, 0.5) is 13.2 Å². The van der Waals surface area contributed by atoms with Gasteiger partial charge in [0, 0.05) is 36.8 Å². The van der Waals surface area contributed by atoms with E-state index in [4.69, 9.17) is 0 Å². The molecule has 0 bridgehead atoms. The minimum absolute atomic E-state index is 0.212. The number of nitrogens with one attached hydrogen (secondary N) is 1. The van der Waals surface area contributed by atoms with Gasteiger partial charge in [0.15, 0.2) is 0 Å². The summed E-state index contributed by atoms with van der Waals surface area (Å²) in [5.74, 6) is -0.212. The summed E-state index contributed by atoms with van der Waals surface area (Å²) in [5.41, 5.74) is 2.03. The number of rotatable bonds is 7. The van der Waals surface area contributed by atoms with Crippen molar-refractivity contribution in [2.75, 3.05) is 13.1 Å². The minimum atomic E-state index is -4.68. The lowest BCUT2D eigenvalue weighted by Gasteiger charge is -2.15. The van der Waals surface area contributed by atoms with Crippen molar-refractivity contribution in [3.05, 3.63) is 72.6 Å². The number of aromatic nitrogens is 2. The van der Waals surface area contributed by atoms with Crippen molar-refractivity contribution in [1.29, 1.82) is 0 Å². The van der Waals surface area contributed by atoms with Crippen LogP contribution >= 0.6 is 11.9 Å². The van der Waals surface area contributed by atoms with E-state index in [-0.39, 0.29) is 11.8 Å². The highest BCUT2D eigenvalue weighted by atomic mass is 32.2. The van der Waals surface area contributed by atoms with Gasteiger partial charge in [-0.1, -0.05) is 24.3 Å². The molecule has 1 N–H and O–H groups in total. The number of hydrogen-bond acceptors (Lipinski definition) is 5. The number of para-hydroxylation sites is 1. The van der Waals surface area contributed by atoms with Crippen LogP contribution in [0.1, 0.15) is 12.1 Å². The van der Waals surface area contributed by atoms with Gasteiger partial charge in [0.05, 0.1) is 11.4 Å². The molecule has 158 valence electrons. The molecule has 5 nitrogen and oxygen atoms in total. The van der Waals surface area contributed by atoms with Crippen molar-refractivity contribution < 1.29 is 17.9 Å². The predicted octanol–water partition coefficient (Wildman–Crippen LogP) is 4.64. The van der Waals surface area contributed by atoms with Gasteiger partial charge >= 0.3 is 6.36 Å². The van der Waals surface area contributed by atoms with Gasteiger partial charge in [-0.25, -0.2) is 4.68 Å². The maximum atomic E-state index is 12.4. The Morgan fingerprint density at radius 2 is 1.93 bits per heavy atom. The number of likely N-dealkylation sites (tertiary alicyclic amines) is 1.